The highest BCUT2D eigenvalue weighted by molar-refractivity contribution is 5.59. The molecule has 4 atom stereocenters. The van der Waals surface area contributed by atoms with Gasteiger partial charge in [-0.15, -0.1) is 0 Å². The highest BCUT2D eigenvalue weighted by Gasteiger charge is 2.44. The van der Waals surface area contributed by atoms with Gasteiger partial charge in [0.05, 0.1) is 24.1 Å². The van der Waals surface area contributed by atoms with Gasteiger partial charge in [-0.25, -0.2) is 4.98 Å². The van der Waals surface area contributed by atoms with E-state index in [0.29, 0.717) is 11.8 Å². The second-order valence-electron chi connectivity index (χ2n) is 7.43. The normalized spacial score (nSPS) is 32.9. The van der Waals surface area contributed by atoms with E-state index in [1.54, 1.807) is 0 Å². The van der Waals surface area contributed by atoms with Gasteiger partial charge >= 0.3 is 0 Å². The minimum atomic E-state index is -0.295. The first-order chi connectivity index (χ1) is 10.3. The van der Waals surface area contributed by atoms with Crippen LogP contribution in [0, 0.1) is 17.8 Å². The summed E-state index contributed by atoms with van der Waals surface area (Å²) in [4.78, 5) is 4.29. The Hall–Kier alpha value is -1.35. The van der Waals surface area contributed by atoms with Crippen LogP contribution in [0.1, 0.15) is 61.7 Å². The molecule has 3 fully saturated rings. The van der Waals surface area contributed by atoms with Crippen LogP contribution in [-0.2, 0) is 0 Å². The molecule has 2 aromatic heterocycles. The summed E-state index contributed by atoms with van der Waals surface area (Å²) < 4.78 is 2.07. The minimum Gasteiger partial charge on any atom is -0.388 e. The van der Waals surface area contributed by atoms with Crippen molar-refractivity contribution in [2.24, 2.45) is 17.8 Å². The number of aliphatic hydroxyl groups excluding tert-OH is 1. The van der Waals surface area contributed by atoms with Crippen molar-refractivity contribution in [2.45, 2.75) is 50.5 Å². The van der Waals surface area contributed by atoms with E-state index in [4.69, 9.17) is 0 Å². The largest absolute Gasteiger partial charge is 0.388 e. The van der Waals surface area contributed by atoms with Gasteiger partial charge in [-0.05, 0) is 67.4 Å². The highest BCUT2D eigenvalue weighted by Crippen LogP contribution is 2.54. The van der Waals surface area contributed by atoms with Crippen molar-refractivity contribution in [3.8, 4) is 0 Å². The zero-order valence-corrected chi connectivity index (χ0v) is 12.3. The summed E-state index contributed by atoms with van der Waals surface area (Å²) in [5.41, 5.74) is 3.70. The molecule has 2 bridgehead atoms. The second-order valence-corrected chi connectivity index (χ2v) is 7.43. The van der Waals surface area contributed by atoms with Gasteiger partial charge in [0, 0.05) is 11.8 Å². The molecule has 0 saturated heterocycles. The van der Waals surface area contributed by atoms with Crippen molar-refractivity contribution in [3.05, 3.63) is 35.9 Å². The van der Waals surface area contributed by atoms with Gasteiger partial charge < -0.3 is 9.51 Å². The van der Waals surface area contributed by atoms with Crippen LogP contribution in [0.2, 0.25) is 0 Å². The standard InChI is InChI=1S/C18H22N2O/c21-18(15-8-11-1-2-13(15)7-11)17-14(12-3-4-12)5-6-20-10-19-9-16(17)20/h5-6,9-13,15,18,21H,1-4,7-8H2/t11-,13+,15-,18-/m0/s1. The maximum absolute atomic E-state index is 11.2. The Morgan fingerprint density at radius 2 is 2.10 bits per heavy atom. The first-order valence-corrected chi connectivity index (χ1v) is 8.44. The maximum Gasteiger partial charge on any atom is 0.0992 e. The van der Waals surface area contributed by atoms with E-state index in [1.165, 1.54) is 49.7 Å². The van der Waals surface area contributed by atoms with Gasteiger partial charge in [0.15, 0.2) is 0 Å². The van der Waals surface area contributed by atoms with Gasteiger partial charge in [-0.1, -0.05) is 6.42 Å². The molecule has 21 heavy (non-hydrogen) atoms. The van der Waals surface area contributed by atoms with Crippen LogP contribution in [-0.4, -0.2) is 14.5 Å². The third kappa shape index (κ3) is 1.80. The summed E-state index contributed by atoms with van der Waals surface area (Å²) >= 11 is 0. The van der Waals surface area contributed by atoms with Crippen LogP contribution in [0.3, 0.4) is 0 Å². The molecule has 3 saturated carbocycles. The number of hydrogen-bond acceptors (Lipinski definition) is 2. The Balaban J connectivity index is 1.61. The predicted molar refractivity (Wildman–Crippen MR) is 81.1 cm³/mol. The van der Waals surface area contributed by atoms with Crippen molar-refractivity contribution in [1.29, 1.82) is 0 Å². The summed E-state index contributed by atoms with van der Waals surface area (Å²) in [7, 11) is 0. The summed E-state index contributed by atoms with van der Waals surface area (Å²) in [6.07, 6.45) is 13.4. The number of rotatable bonds is 3. The fourth-order valence-corrected chi connectivity index (χ4v) is 5.00. The molecular weight excluding hydrogens is 260 g/mol. The van der Waals surface area contributed by atoms with Gasteiger partial charge in [-0.3, -0.25) is 0 Å². The van der Waals surface area contributed by atoms with E-state index < -0.39 is 0 Å². The van der Waals surface area contributed by atoms with Gasteiger partial charge in [0.2, 0.25) is 0 Å². The van der Waals surface area contributed by atoms with E-state index in [2.05, 4.69) is 21.6 Å². The van der Waals surface area contributed by atoms with E-state index in [1.807, 2.05) is 12.5 Å². The molecule has 3 aliphatic rings. The molecule has 0 spiro atoms. The molecule has 3 nitrogen and oxygen atoms in total. The number of aromatic nitrogens is 2. The number of hydrogen-bond donors (Lipinski definition) is 1. The average Bonchev–Trinajstić information content (AvgIpc) is 2.93. The van der Waals surface area contributed by atoms with Crippen LogP contribution in [0.4, 0.5) is 0 Å². The molecule has 0 amide bonds. The molecule has 3 heteroatoms. The SMILES string of the molecule is O[C@H](c1c(C2CC2)ccn2cncc12)[C@H]1C[C@H]2CC[C@@H]1C2. The predicted octanol–water partition coefficient (Wildman–Crippen LogP) is 3.68. The zero-order chi connectivity index (χ0) is 14.0. The van der Waals surface area contributed by atoms with Crippen molar-refractivity contribution in [2.75, 3.05) is 0 Å². The quantitative estimate of drug-likeness (QED) is 0.932. The van der Waals surface area contributed by atoms with Crippen LogP contribution in [0.25, 0.3) is 5.52 Å². The van der Waals surface area contributed by atoms with Crippen molar-refractivity contribution < 1.29 is 5.11 Å². The first-order valence-electron chi connectivity index (χ1n) is 8.44. The lowest BCUT2D eigenvalue weighted by molar-refractivity contribution is 0.0747. The first kappa shape index (κ1) is 12.2. The Bertz CT molecular complexity index is 688. The molecule has 0 unspecified atom stereocenters. The van der Waals surface area contributed by atoms with Crippen molar-refractivity contribution >= 4 is 5.52 Å². The number of imidazole rings is 1. The number of nitrogens with zero attached hydrogens (tertiary/aromatic N) is 2. The fourth-order valence-electron chi connectivity index (χ4n) is 5.00. The molecule has 5 rings (SSSR count). The molecule has 0 radical (unpaired) electrons. The van der Waals surface area contributed by atoms with Crippen LogP contribution in [0.5, 0.6) is 0 Å². The highest BCUT2D eigenvalue weighted by atomic mass is 16.3. The molecule has 3 aliphatic carbocycles. The number of aliphatic hydroxyl groups is 1. The topological polar surface area (TPSA) is 37.5 Å². The Morgan fingerprint density at radius 1 is 1.19 bits per heavy atom. The van der Waals surface area contributed by atoms with Gasteiger partial charge in [0.1, 0.15) is 0 Å². The lowest BCUT2D eigenvalue weighted by Crippen LogP contribution is -2.20. The molecule has 2 aromatic rings. The monoisotopic (exact) mass is 282 g/mol. The molecular formula is C18H22N2O. The fraction of sp³-hybridized carbons (Fsp3) is 0.611. The molecule has 1 N–H and O–H groups in total. The zero-order valence-electron chi connectivity index (χ0n) is 12.3. The Labute approximate surface area is 125 Å². The van der Waals surface area contributed by atoms with Crippen LogP contribution >= 0.6 is 0 Å². The third-order valence-corrected chi connectivity index (χ3v) is 6.18. The number of fused-ring (bicyclic) bond motifs is 3. The summed E-state index contributed by atoms with van der Waals surface area (Å²) in [6, 6.07) is 2.22. The Kier molecular flexibility index (Phi) is 2.52. The Morgan fingerprint density at radius 3 is 2.81 bits per heavy atom. The minimum absolute atomic E-state index is 0.295. The third-order valence-electron chi connectivity index (χ3n) is 6.18. The van der Waals surface area contributed by atoms with Crippen molar-refractivity contribution in [3.63, 3.8) is 0 Å². The van der Waals surface area contributed by atoms with Gasteiger partial charge in [-0.2, -0.15) is 0 Å². The second kappa shape index (κ2) is 4.33. The molecule has 110 valence electrons. The van der Waals surface area contributed by atoms with Crippen LogP contribution in [0.15, 0.2) is 24.8 Å². The summed E-state index contributed by atoms with van der Waals surface area (Å²) in [5, 5.41) is 11.2. The van der Waals surface area contributed by atoms with E-state index in [-0.39, 0.29) is 6.10 Å². The summed E-state index contributed by atoms with van der Waals surface area (Å²) in [6.45, 7) is 0. The lowest BCUT2D eigenvalue weighted by atomic mass is 9.80. The molecule has 0 aromatic carbocycles. The lowest BCUT2D eigenvalue weighted by Gasteiger charge is -2.29. The van der Waals surface area contributed by atoms with E-state index >= 15 is 0 Å². The molecule has 2 heterocycles. The summed E-state index contributed by atoms with van der Waals surface area (Å²) in [5.74, 6) is 2.78. The van der Waals surface area contributed by atoms with Gasteiger partial charge in [0.25, 0.3) is 0 Å². The smallest absolute Gasteiger partial charge is 0.0992 e. The van der Waals surface area contributed by atoms with Crippen LogP contribution < -0.4 is 0 Å². The van der Waals surface area contributed by atoms with E-state index in [9.17, 15) is 5.11 Å². The number of pyridine rings is 1. The maximum atomic E-state index is 11.2. The van der Waals surface area contributed by atoms with Crippen molar-refractivity contribution in [1.82, 2.24) is 9.38 Å². The van der Waals surface area contributed by atoms with E-state index in [0.717, 1.165) is 17.4 Å². The molecule has 0 aliphatic heterocycles. The average molecular weight is 282 g/mol.